The molecule has 29 heavy (non-hydrogen) atoms. The van der Waals surface area contributed by atoms with Crippen LogP contribution in [0.3, 0.4) is 0 Å². The van der Waals surface area contributed by atoms with Crippen LogP contribution < -0.4 is 10.6 Å². The quantitative estimate of drug-likeness (QED) is 0.773. The molecule has 2 amide bonds. The van der Waals surface area contributed by atoms with Crippen LogP contribution in [-0.2, 0) is 16.0 Å². The van der Waals surface area contributed by atoms with Gasteiger partial charge in [-0.3, -0.25) is 4.79 Å². The highest BCUT2D eigenvalue weighted by Crippen LogP contribution is 2.24. The average Bonchev–Trinajstić information content (AvgIpc) is 3.08. The highest BCUT2D eigenvalue weighted by Gasteiger charge is 2.27. The fourth-order valence-electron chi connectivity index (χ4n) is 2.98. The van der Waals surface area contributed by atoms with Gasteiger partial charge in [0.15, 0.2) is 0 Å². The third-order valence-electron chi connectivity index (χ3n) is 4.35. The van der Waals surface area contributed by atoms with Crippen molar-refractivity contribution in [2.45, 2.75) is 51.7 Å². The molecule has 1 aromatic carbocycles. The first-order valence-electron chi connectivity index (χ1n) is 9.70. The summed E-state index contributed by atoms with van der Waals surface area (Å²) in [7, 11) is 0. The van der Waals surface area contributed by atoms with Crippen molar-refractivity contribution in [2.24, 2.45) is 0 Å². The third kappa shape index (κ3) is 6.70. The zero-order valence-electron chi connectivity index (χ0n) is 17.0. The summed E-state index contributed by atoms with van der Waals surface area (Å²) in [6.45, 7) is 6.86. The van der Waals surface area contributed by atoms with Gasteiger partial charge in [0.2, 0.25) is 16.2 Å². The van der Waals surface area contributed by atoms with Crippen LogP contribution >= 0.6 is 11.3 Å². The van der Waals surface area contributed by atoms with Crippen LogP contribution in [0.5, 0.6) is 0 Å². The summed E-state index contributed by atoms with van der Waals surface area (Å²) in [5.41, 5.74) is 0.463. The number of carbonyl (C=O) groups excluding carboxylic acids is 2. The number of nitrogens with zero attached hydrogens (tertiary/aromatic N) is 3. The van der Waals surface area contributed by atoms with Crippen molar-refractivity contribution in [3.8, 4) is 0 Å². The highest BCUT2D eigenvalue weighted by molar-refractivity contribution is 7.19. The number of amides is 2. The first-order valence-corrected chi connectivity index (χ1v) is 10.5. The Bertz CT molecular complexity index is 826. The Morgan fingerprint density at radius 1 is 1.14 bits per heavy atom. The molecular weight excluding hydrogens is 390 g/mol. The molecule has 1 fully saturated rings. The molecule has 3 rings (SSSR count). The second-order valence-corrected chi connectivity index (χ2v) is 8.99. The summed E-state index contributed by atoms with van der Waals surface area (Å²) >= 11 is 1.31. The van der Waals surface area contributed by atoms with E-state index < -0.39 is 5.60 Å². The molecule has 0 unspecified atom stereocenters. The Morgan fingerprint density at radius 3 is 2.45 bits per heavy atom. The summed E-state index contributed by atoms with van der Waals surface area (Å²) < 4.78 is 5.42. The van der Waals surface area contributed by atoms with Crippen LogP contribution in [0.2, 0.25) is 0 Å². The summed E-state index contributed by atoms with van der Waals surface area (Å²) in [5, 5.41) is 15.4. The van der Waals surface area contributed by atoms with Crippen LogP contribution in [-0.4, -0.2) is 51.8 Å². The van der Waals surface area contributed by atoms with Crippen molar-refractivity contribution in [1.29, 1.82) is 0 Å². The van der Waals surface area contributed by atoms with Gasteiger partial charge in [0, 0.05) is 19.1 Å². The summed E-state index contributed by atoms with van der Waals surface area (Å²) in [6.07, 6.45) is 1.63. The Morgan fingerprint density at radius 2 is 1.79 bits per heavy atom. The predicted molar refractivity (Wildman–Crippen MR) is 113 cm³/mol. The number of carbonyl (C=O) groups is 2. The molecule has 1 saturated heterocycles. The van der Waals surface area contributed by atoms with Gasteiger partial charge in [0.25, 0.3) is 0 Å². The van der Waals surface area contributed by atoms with E-state index in [0.29, 0.717) is 29.8 Å². The number of rotatable bonds is 5. The highest BCUT2D eigenvalue weighted by atomic mass is 32.1. The minimum absolute atomic E-state index is 0.121. The lowest BCUT2D eigenvalue weighted by Gasteiger charge is -2.33. The summed E-state index contributed by atoms with van der Waals surface area (Å²) in [6, 6.07) is 9.76. The van der Waals surface area contributed by atoms with Gasteiger partial charge in [0.1, 0.15) is 5.60 Å². The standard InChI is InChI=1S/C20H27N5O3S/c1-20(2,3)28-19(27)25-11-9-15(10-12-25)21-17-23-24-18(29-17)22-16(26)13-14-7-5-4-6-8-14/h4-8,15H,9-13H2,1-3H3,(H,21,23)(H,22,24,26). The molecule has 9 heteroatoms. The predicted octanol–water partition coefficient (Wildman–Crippen LogP) is 3.53. The molecule has 0 spiro atoms. The number of likely N-dealkylation sites (tertiary alicyclic amines) is 1. The monoisotopic (exact) mass is 417 g/mol. The van der Waals surface area contributed by atoms with Crippen LogP contribution in [0.1, 0.15) is 39.2 Å². The number of hydrogen-bond acceptors (Lipinski definition) is 7. The van der Waals surface area contributed by atoms with Crippen molar-refractivity contribution < 1.29 is 14.3 Å². The van der Waals surface area contributed by atoms with E-state index in [1.807, 2.05) is 51.1 Å². The van der Waals surface area contributed by atoms with Gasteiger partial charge in [-0.25, -0.2) is 4.79 Å². The molecule has 8 nitrogen and oxygen atoms in total. The van der Waals surface area contributed by atoms with Crippen LogP contribution in [0.4, 0.5) is 15.1 Å². The molecule has 0 atom stereocenters. The topological polar surface area (TPSA) is 96.4 Å². The van der Waals surface area contributed by atoms with Gasteiger partial charge in [-0.2, -0.15) is 0 Å². The Labute approximate surface area is 174 Å². The molecule has 156 valence electrons. The fourth-order valence-corrected chi connectivity index (χ4v) is 3.72. The van der Waals surface area contributed by atoms with E-state index in [1.165, 1.54) is 11.3 Å². The second kappa shape index (κ2) is 9.21. The maximum atomic E-state index is 12.1. The van der Waals surface area contributed by atoms with Gasteiger partial charge in [-0.1, -0.05) is 41.7 Å². The number of aromatic nitrogens is 2. The lowest BCUT2D eigenvalue weighted by Crippen LogP contribution is -2.44. The Hall–Kier alpha value is -2.68. The first-order chi connectivity index (χ1) is 13.8. The van der Waals surface area contributed by atoms with E-state index in [1.54, 1.807) is 4.90 Å². The molecule has 1 aliphatic heterocycles. The van der Waals surface area contributed by atoms with Gasteiger partial charge in [-0.15, -0.1) is 10.2 Å². The lowest BCUT2D eigenvalue weighted by molar-refractivity contribution is -0.115. The van der Waals surface area contributed by atoms with Crippen molar-refractivity contribution in [2.75, 3.05) is 23.7 Å². The normalized spacial score (nSPS) is 15.1. The van der Waals surface area contributed by atoms with Gasteiger partial charge < -0.3 is 20.3 Å². The summed E-state index contributed by atoms with van der Waals surface area (Å²) in [4.78, 5) is 26.0. The van der Waals surface area contributed by atoms with Gasteiger partial charge in [0.05, 0.1) is 6.42 Å². The smallest absolute Gasteiger partial charge is 0.410 e. The van der Waals surface area contributed by atoms with Crippen LogP contribution in [0.25, 0.3) is 0 Å². The molecule has 0 bridgehead atoms. The van der Waals surface area contributed by atoms with E-state index in [-0.39, 0.29) is 18.0 Å². The largest absolute Gasteiger partial charge is 0.444 e. The maximum absolute atomic E-state index is 12.1. The molecule has 2 heterocycles. The molecule has 2 aromatic rings. The number of benzene rings is 1. The van der Waals surface area contributed by atoms with Gasteiger partial charge in [-0.05, 0) is 39.2 Å². The zero-order chi connectivity index (χ0) is 20.9. The number of piperidine rings is 1. The third-order valence-corrected chi connectivity index (χ3v) is 5.12. The first kappa shape index (κ1) is 21.0. The van der Waals surface area contributed by atoms with Crippen molar-refractivity contribution in [3.63, 3.8) is 0 Å². The molecular formula is C20H27N5O3S. The van der Waals surface area contributed by atoms with E-state index in [9.17, 15) is 9.59 Å². The van der Waals surface area contributed by atoms with E-state index in [0.717, 1.165) is 18.4 Å². The zero-order valence-corrected chi connectivity index (χ0v) is 17.8. The van der Waals surface area contributed by atoms with Crippen molar-refractivity contribution in [3.05, 3.63) is 35.9 Å². The van der Waals surface area contributed by atoms with E-state index >= 15 is 0 Å². The van der Waals surface area contributed by atoms with Gasteiger partial charge >= 0.3 is 6.09 Å². The summed E-state index contributed by atoms with van der Waals surface area (Å²) in [5.74, 6) is -0.121. The van der Waals surface area contributed by atoms with Crippen molar-refractivity contribution in [1.82, 2.24) is 15.1 Å². The van der Waals surface area contributed by atoms with Crippen LogP contribution in [0.15, 0.2) is 30.3 Å². The minimum Gasteiger partial charge on any atom is -0.444 e. The lowest BCUT2D eigenvalue weighted by atomic mass is 10.1. The van der Waals surface area contributed by atoms with Crippen molar-refractivity contribution >= 4 is 33.6 Å². The number of ether oxygens (including phenoxy) is 1. The Balaban J connectivity index is 1.44. The molecule has 1 aromatic heterocycles. The second-order valence-electron chi connectivity index (χ2n) is 8.01. The Kier molecular flexibility index (Phi) is 6.68. The molecule has 2 N–H and O–H groups in total. The number of nitrogens with one attached hydrogen (secondary N) is 2. The van der Waals surface area contributed by atoms with E-state index in [4.69, 9.17) is 4.74 Å². The number of anilines is 2. The fraction of sp³-hybridized carbons (Fsp3) is 0.500. The molecule has 0 radical (unpaired) electrons. The SMILES string of the molecule is CC(C)(C)OC(=O)N1CCC(Nc2nnc(NC(=O)Cc3ccccc3)s2)CC1. The van der Waals surface area contributed by atoms with Crippen LogP contribution in [0, 0.1) is 0 Å². The molecule has 0 saturated carbocycles. The minimum atomic E-state index is -0.486. The number of hydrogen-bond donors (Lipinski definition) is 2. The molecule has 0 aliphatic carbocycles. The average molecular weight is 418 g/mol. The maximum Gasteiger partial charge on any atom is 0.410 e. The van der Waals surface area contributed by atoms with E-state index in [2.05, 4.69) is 20.8 Å². The molecule has 1 aliphatic rings.